The Balaban J connectivity index is 1.87. The van der Waals surface area contributed by atoms with Gasteiger partial charge in [-0.05, 0) is 44.0 Å². The second-order valence-corrected chi connectivity index (χ2v) is 4.64. The van der Waals surface area contributed by atoms with E-state index < -0.39 is 0 Å². The van der Waals surface area contributed by atoms with Crippen LogP contribution in [0.5, 0.6) is 11.5 Å². The van der Waals surface area contributed by atoms with Crippen LogP contribution in [0, 0.1) is 0 Å². The van der Waals surface area contributed by atoms with Crippen LogP contribution in [0.1, 0.15) is 38.3 Å². The molecule has 1 aromatic carbocycles. The standard InChI is InChI=1S/C14H21NO3/c1-3-12(16)6-7-15-10(2)11-4-5-13-14(8-11)18-9-17-13/h4-5,8,10,12,15-16H,3,6-7,9H2,1-2H3. The lowest BCUT2D eigenvalue weighted by atomic mass is 10.1. The summed E-state index contributed by atoms with van der Waals surface area (Å²) in [4.78, 5) is 0. The van der Waals surface area contributed by atoms with Crippen LogP contribution in [-0.2, 0) is 0 Å². The molecule has 1 heterocycles. The maximum absolute atomic E-state index is 9.49. The highest BCUT2D eigenvalue weighted by Gasteiger charge is 2.15. The van der Waals surface area contributed by atoms with Crippen LogP contribution in [0.4, 0.5) is 0 Å². The Morgan fingerprint density at radius 2 is 2.11 bits per heavy atom. The van der Waals surface area contributed by atoms with Crippen molar-refractivity contribution in [2.75, 3.05) is 13.3 Å². The molecule has 0 aliphatic carbocycles. The Morgan fingerprint density at radius 1 is 1.33 bits per heavy atom. The fourth-order valence-corrected chi connectivity index (χ4v) is 1.97. The summed E-state index contributed by atoms with van der Waals surface area (Å²) >= 11 is 0. The Hall–Kier alpha value is -1.26. The number of nitrogens with one attached hydrogen (secondary N) is 1. The maximum Gasteiger partial charge on any atom is 0.231 e. The summed E-state index contributed by atoms with van der Waals surface area (Å²) in [7, 11) is 0. The van der Waals surface area contributed by atoms with E-state index in [1.807, 2.05) is 25.1 Å². The van der Waals surface area contributed by atoms with Crippen molar-refractivity contribution >= 4 is 0 Å². The molecule has 2 atom stereocenters. The van der Waals surface area contributed by atoms with Crippen LogP contribution in [-0.4, -0.2) is 24.5 Å². The minimum Gasteiger partial charge on any atom is -0.454 e. The molecule has 4 heteroatoms. The zero-order valence-corrected chi connectivity index (χ0v) is 11.0. The molecule has 2 rings (SSSR count). The number of aliphatic hydroxyl groups is 1. The maximum atomic E-state index is 9.49. The van der Waals surface area contributed by atoms with Crippen LogP contribution in [0.15, 0.2) is 18.2 Å². The van der Waals surface area contributed by atoms with Gasteiger partial charge >= 0.3 is 0 Å². The molecular formula is C14H21NO3. The van der Waals surface area contributed by atoms with E-state index in [1.54, 1.807) is 0 Å². The van der Waals surface area contributed by atoms with E-state index in [2.05, 4.69) is 12.2 Å². The zero-order valence-electron chi connectivity index (χ0n) is 11.0. The average molecular weight is 251 g/mol. The molecule has 1 aromatic rings. The quantitative estimate of drug-likeness (QED) is 0.814. The normalized spacial score (nSPS) is 16.6. The SMILES string of the molecule is CCC(O)CCNC(C)c1ccc2c(c1)OCO2. The van der Waals surface area contributed by atoms with Crippen molar-refractivity contribution in [3.8, 4) is 11.5 Å². The smallest absolute Gasteiger partial charge is 0.231 e. The van der Waals surface area contributed by atoms with Crippen LogP contribution < -0.4 is 14.8 Å². The second-order valence-electron chi connectivity index (χ2n) is 4.64. The van der Waals surface area contributed by atoms with E-state index in [9.17, 15) is 5.11 Å². The molecule has 1 aliphatic rings. The van der Waals surface area contributed by atoms with Crippen molar-refractivity contribution in [3.63, 3.8) is 0 Å². The van der Waals surface area contributed by atoms with Gasteiger partial charge in [0.15, 0.2) is 11.5 Å². The Morgan fingerprint density at radius 3 is 2.89 bits per heavy atom. The first-order chi connectivity index (χ1) is 8.70. The summed E-state index contributed by atoms with van der Waals surface area (Å²) in [5.41, 5.74) is 1.17. The van der Waals surface area contributed by atoms with Crippen LogP contribution >= 0.6 is 0 Å². The van der Waals surface area contributed by atoms with Gasteiger partial charge in [0, 0.05) is 6.04 Å². The molecular weight excluding hydrogens is 230 g/mol. The lowest BCUT2D eigenvalue weighted by molar-refractivity contribution is 0.158. The fourth-order valence-electron chi connectivity index (χ4n) is 1.97. The molecule has 0 spiro atoms. The van der Waals surface area contributed by atoms with Gasteiger partial charge in [-0.1, -0.05) is 13.0 Å². The van der Waals surface area contributed by atoms with Crippen molar-refractivity contribution in [2.24, 2.45) is 0 Å². The predicted molar refractivity (Wildman–Crippen MR) is 69.9 cm³/mol. The third-order valence-electron chi connectivity index (χ3n) is 3.30. The summed E-state index contributed by atoms with van der Waals surface area (Å²) < 4.78 is 10.6. The molecule has 100 valence electrons. The highest BCUT2D eigenvalue weighted by Crippen LogP contribution is 2.34. The number of hydrogen-bond acceptors (Lipinski definition) is 4. The molecule has 0 bridgehead atoms. The molecule has 4 nitrogen and oxygen atoms in total. The average Bonchev–Trinajstić information content (AvgIpc) is 2.85. The van der Waals surface area contributed by atoms with E-state index in [4.69, 9.17) is 9.47 Å². The van der Waals surface area contributed by atoms with Gasteiger partial charge in [-0.2, -0.15) is 0 Å². The Bertz CT molecular complexity index is 395. The van der Waals surface area contributed by atoms with E-state index in [-0.39, 0.29) is 12.1 Å². The first-order valence-corrected chi connectivity index (χ1v) is 6.51. The molecule has 0 fully saturated rings. The van der Waals surface area contributed by atoms with Gasteiger partial charge < -0.3 is 19.9 Å². The van der Waals surface area contributed by atoms with E-state index in [1.165, 1.54) is 5.56 Å². The first kappa shape index (κ1) is 13.2. The lowest BCUT2D eigenvalue weighted by Gasteiger charge is -2.16. The van der Waals surface area contributed by atoms with Gasteiger partial charge in [-0.25, -0.2) is 0 Å². The second kappa shape index (κ2) is 6.07. The molecule has 1 aliphatic heterocycles. The van der Waals surface area contributed by atoms with Gasteiger partial charge in [0.25, 0.3) is 0 Å². The van der Waals surface area contributed by atoms with Crippen molar-refractivity contribution in [1.29, 1.82) is 0 Å². The van der Waals surface area contributed by atoms with E-state index >= 15 is 0 Å². The Labute approximate surface area is 108 Å². The summed E-state index contributed by atoms with van der Waals surface area (Å²) in [6.07, 6.45) is 1.38. The summed E-state index contributed by atoms with van der Waals surface area (Å²) in [6.45, 7) is 5.22. The highest BCUT2D eigenvalue weighted by molar-refractivity contribution is 5.45. The highest BCUT2D eigenvalue weighted by atomic mass is 16.7. The van der Waals surface area contributed by atoms with E-state index in [0.717, 1.165) is 30.9 Å². The van der Waals surface area contributed by atoms with Crippen LogP contribution in [0.2, 0.25) is 0 Å². The van der Waals surface area contributed by atoms with Crippen LogP contribution in [0.3, 0.4) is 0 Å². The number of rotatable bonds is 6. The molecule has 0 saturated carbocycles. The van der Waals surface area contributed by atoms with Crippen molar-refractivity contribution < 1.29 is 14.6 Å². The van der Waals surface area contributed by atoms with Crippen molar-refractivity contribution in [1.82, 2.24) is 5.32 Å². The first-order valence-electron chi connectivity index (χ1n) is 6.51. The number of fused-ring (bicyclic) bond motifs is 1. The molecule has 18 heavy (non-hydrogen) atoms. The number of aliphatic hydroxyl groups excluding tert-OH is 1. The number of hydrogen-bond donors (Lipinski definition) is 2. The topological polar surface area (TPSA) is 50.7 Å². The van der Waals surface area contributed by atoms with Gasteiger partial charge in [-0.3, -0.25) is 0 Å². The number of ether oxygens (including phenoxy) is 2. The third kappa shape index (κ3) is 3.15. The van der Waals surface area contributed by atoms with Gasteiger partial charge in [-0.15, -0.1) is 0 Å². The van der Waals surface area contributed by atoms with Crippen molar-refractivity contribution in [2.45, 2.75) is 38.8 Å². The zero-order chi connectivity index (χ0) is 13.0. The molecule has 0 aromatic heterocycles. The minimum atomic E-state index is -0.207. The molecule has 2 N–H and O–H groups in total. The predicted octanol–water partition coefficient (Wildman–Crippen LogP) is 2.23. The molecule has 0 amide bonds. The number of benzene rings is 1. The third-order valence-corrected chi connectivity index (χ3v) is 3.30. The summed E-state index contributed by atoms with van der Waals surface area (Å²) in [5.74, 6) is 1.63. The largest absolute Gasteiger partial charge is 0.454 e. The Kier molecular flexibility index (Phi) is 4.44. The fraction of sp³-hybridized carbons (Fsp3) is 0.571. The summed E-state index contributed by atoms with van der Waals surface area (Å²) in [6, 6.07) is 6.23. The molecule has 2 unspecified atom stereocenters. The monoisotopic (exact) mass is 251 g/mol. The van der Waals surface area contributed by atoms with Crippen LogP contribution in [0.25, 0.3) is 0 Å². The van der Waals surface area contributed by atoms with Gasteiger partial charge in [0.1, 0.15) is 0 Å². The van der Waals surface area contributed by atoms with Crippen molar-refractivity contribution in [3.05, 3.63) is 23.8 Å². The van der Waals surface area contributed by atoms with E-state index in [0.29, 0.717) is 6.79 Å². The molecule has 0 radical (unpaired) electrons. The molecule has 0 saturated heterocycles. The summed E-state index contributed by atoms with van der Waals surface area (Å²) in [5, 5.41) is 12.9. The van der Waals surface area contributed by atoms with Gasteiger partial charge in [0.05, 0.1) is 6.10 Å². The van der Waals surface area contributed by atoms with Gasteiger partial charge in [0.2, 0.25) is 6.79 Å². The lowest BCUT2D eigenvalue weighted by Crippen LogP contribution is -2.23. The minimum absolute atomic E-state index is 0.207.